The second-order valence-corrected chi connectivity index (χ2v) is 6.67. The molecule has 0 radical (unpaired) electrons. The van der Waals surface area contributed by atoms with Gasteiger partial charge in [-0.1, -0.05) is 17.7 Å². The Labute approximate surface area is 128 Å². The third-order valence-corrected chi connectivity index (χ3v) is 4.84. The van der Waals surface area contributed by atoms with Crippen molar-refractivity contribution >= 4 is 21.6 Å². The normalized spacial score (nSPS) is 13.3. The van der Waals surface area contributed by atoms with Gasteiger partial charge in [0.05, 0.1) is 11.2 Å². The van der Waals surface area contributed by atoms with E-state index in [0.29, 0.717) is 16.3 Å². The molecule has 21 heavy (non-hydrogen) atoms. The van der Waals surface area contributed by atoms with Crippen LogP contribution < -0.4 is 4.72 Å². The predicted octanol–water partition coefficient (Wildman–Crippen LogP) is 2.91. The number of furan rings is 1. The molecule has 0 aliphatic heterocycles. The second-order valence-electron chi connectivity index (χ2n) is 4.50. The zero-order chi connectivity index (χ0) is 15.5. The average Bonchev–Trinajstić information content (AvgIpc) is 2.96. The van der Waals surface area contributed by atoms with Crippen molar-refractivity contribution in [1.29, 1.82) is 0 Å². The fourth-order valence-corrected chi connectivity index (χ4v) is 3.44. The van der Waals surface area contributed by atoms with Crippen LogP contribution in [0.25, 0.3) is 0 Å². The molecule has 0 amide bonds. The van der Waals surface area contributed by atoms with Crippen molar-refractivity contribution in [2.45, 2.75) is 17.9 Å². The third-order valence-electron chi connectivity index (χ3n) is 3.04. The van der Waals surface area contributed by atoms with E-state index >= 15 is 0 Å². The van der Waals surface area contributed by atoms with Crippen LogP contribution in [0.15, 0.2) is 45.9 Å². The number of nitrogens with one attached hydrogen (secondary N) is 1. The van der Waals surface area contributed by atoms with E-state index in [0.717, 1.165) is 0 Å². The fourth-order valence-electron chi connectivity index (χ4n) is 1.90. The minimum atomic E-state index is -3.67. The molecule has 1 aromatic heterocycles. The van der Waals surface area contributed by atoms with Gasteiger partial charge in [-0.15, -0.1) is 0 Å². The van der Waals surface area contributed by atoms with Crippen molar-refractivity contribution in [2.24, 2.45) is 0 Å². The van der Waals surface area contributed by atoms with E-state index in [1.165, 1.54) is 19.4 Å². The Morgan fingerprint density at radius 2 is 2.14 bits per heavy atom. The molecule has 2 rings (SSSR count). The van der Waals surface area contributed by atoms with Crippen LogP contribution in [0, 0.1) is 6.92 Å². The van der Waals surface area contributed by atoms with Crippen LogP contribution in [0.1, 0.15) is 17.4 Å². The smallest absolute Gasteiger partial charge is 0.240 e. The van der Waals surface area contributed by atoms with Crippen LogP contribution in [0.4, 0.5) is 0 Å². The minimum absolute atomic E-state index is 0.0678. The molecule has 5 nitrogen and oxygen atoms in total. The molecule has 1 aromatic carbocycles. The summed E-state index contributed by atoms with van der Waals surface area (Å²) in [5, 5.41) is 0.371. The van der Waals surface area contributed by atoms with E-state index in [4.69, 9.17) is 20.8 Å². The molecule has 0 fully saturated rings. The molecule has 0 saturated carbocycles. The number of hydrogen-bond acceptors (Lipinski definition) is 4. The van der Waals surface area contributed by atoms with Crippen molar-refractivity contribution in [1.82, 2.24) is 4.72 Å². The Kier molecular flexibility index (Phi) is 5.05. The summed E-state index contributed by atoms with van der Waals surface area (Å²) >= 11 is 5.86. The van der Waals surface area contributed by atoms with Crippen LogP contribution in [0.2, 0.25) is 5.02 Å². The molecule has 1 atom stereocenters. The van der Waals surface area contributed by atoms with Crippen molar-refractivity contribution < 1.29 is 17.6 Å². The van der Waals surface area contributed by atoms with Gasteiger partial charge in [-0.3, -0.25) is 0 Å². The van der Waals surface area contributed by atoms with Crippen LogP contribution in [-0.2, 0) is 14.8 Å². The van der Waals surface area contributed by atoms with Crippen molar-refractivity contribution in [3.05, 3.63) is 52.9 Å². The quantitative estimate of drug-likeness (QED) is 0.884. The number of hydrogen-bond donors (Lipinski definition) is 1. The third kappa shape index (κ3) is 3.85. The molecule has 7 heteroatoms. The van der Waals surface area contributed by atoms with Gasteiger partial charge in [0.15, 0.2) is 0 Å². The first-order valence-electron chi connectivity index (χ1n) is 6.26. The lowest BCUT2D eigenvalue weighted by Crippen LogP contribution is -2.29. The number of ether oxygens (including phenoxy) is 1. The van der Waals surface area contributed by atoms with E-state index in [2.05, 4.69) is 4.72 Å². The molecular weight excluding hydrogens is 314 g/mol. The maximum atomic E-state index is 12.3. The lowest BCUT2D eigenvalue weighted by Gasteiger charge is -2.15. The molecule has 1 heterocycles. The van der Waals surface area contributed by atoms with Crippen molar-refractivity contribution in [2.75, 3.05) is 13.7 Å². The van der Waals surface area contributed by atoms with E-state index in [9.17, 15) is 8.42 Å². The summed E-state index contributed by atoms with van der Waals surface area (Å²) in [5.74, 6) is 0.558. The monoisotopic (exact) mass is 329 g/mol. The second kappa shape index (κ2) is 6.62. The fraction of sp³-hybridized carbons (Fsp3) is 0.286. The highest BCUT2D eigenvalue weighted by Gasteiger charge is 2.21. The van der Waals surface area contributed by atoms with Crippen LogP contribution >= 0.6 is 11.6 Å². The largest absolute Gasteiger partial charge is 0.467 e. The molecule has 0 aliphatic carbocycles. The summed E-state index contributed by atoms with van der Waals surface area (Å²) in [6.45, 7) is 1.78. The highest BCUT2D eigenvalue weighted by molar-refractivity contribution is 7.89. The SMILES string of the molecule is COC(CNS(=O)(=O)c1cc(Cl)ccc1C)c1ccco1. The predicted molar refractivity (Wildman–Crippen MR) is 79.8 cm³/mol. The average molecular weight is 330 g/mol. The number of methoxy groups -OCH3 is 1. The zero-order valence-electron chi connectivity index (χ0n) is 11.7. The molecular formula is C14H16ClNO4S. The minimum Gasteiger partial charge on any atom is -0.467 e. The van der Waals surface area contributed by atoms with Crippen molar-refractivity contribution in [3.63, 3.8) is 0 Å². The van der Waals surface area contributed by atoms with Crippen molar-refractivity contribution in [3.8, 4) is 0 Å². The van der Waals surface area contributed by atoms with Crippen LogP contribution in [-0.4, -0.2) is 22.1 Å². The molecule has 1 N–H and O–H groups in total. The highest BCUT2D eigenvalue weighted by Crippen LogP contribution is 2.21. The lowest BCUT2D eigenvalue weighted by atomic mass is 10.2. The maximum Gasteiger partial charge on any atom is 0.240 e. The molecule has 0 aliphatic rings. The topological polar surface area (TPSA) is 68.5 Å². The van der Waals surface area contributed by atoms with Gasteiger partial charge < -0.3 is 9.15 Å². The Morgan fingerprint density at radius 1 is 1.38 bits per heavy atom. The van der Waals surface area contributed by atoms with Gasteiger partial charge in [-0.05, 0) is 36.8 Å². The van der Waals surface area contributed by atoms with E-state index in [1.54, 1.807) is 31.2 Å². The molecule has 0 saturated heterocycles. The summed E-state index contributed by atoms with van der Waals surface area (Å²) in [6.07, 6.45) is 1.02. The number of aryl methyl sites for hydroxylation is 1. The first-order valence-corrected chi connectivity index (χ1v) is 8.12. The van der Waals surface area contributed by atoms with Gasteiger partial charge in [-0.2, -0.15) is 0 Å². The van der Waals surface area contributed by atoms with E-state index in [-0.39, 0.29) is 11.4 Å². The first-order chi connectivity index (χ1) is 9.94. The molecule has 0 spiro atoms. The summed E-state index contributed by atoms with van der Waals surface area (Å²) in [6, 6.07) is 8.19. The molecule has 1 unspecified atom stereocenters. The van der Waals surface area contributed by atoms with Gasteiger partial charge in [0.1, 0.15) is 11.9 Å². The maximum absolute atomic E-state index is 12.3. The molecule has 2 aromatic rings. The van der Waals surface area contributed by atoms with Gasteiger partial charge >= 0.3 is 0 Å². The summed E-state index contributed by atoms with van der Waals surface area (Å²) in [4.78, 5) is 0.157. The lowest BCUT2D eigenvalue weighted by molar-refractivity contribution is 0.0878. The van der Waals surface area contributed by atoms with Gasteiger partial charge in [0.2, 0.25) is 10.0 Å². The Bertz CT molecular complexity index is 698. The number of sulfonamides is 1. The summed E-state index contributed by atoms with van der Waals surface area (Å²) in [5.41, 5.74) is 0.624. The summed E-state index contributed by atoms with van der Waals surface area (Å²) < 4.78 is 37.6. The van der Waals surface area contributed by atoms with Crippen LogP contribution in [0.3, 0.4) is 0 Å². The standard InChI is InChI=1S/C14H16ClNO4S/c1-10-5-6-11(15)8-14(10)21(17,18)16-9-13(19-2)12-4-3-7-20-12/h3-8,13,16H,9H2,1-2H3. The highest BCUT2D eigenvalue weighted by atomic mass is 35.5. The molecule has 114 valence electrons. The van der Waals surface area contributed by atoms with Gasteiger partial charge in [0, 0.05) is 18.7 Å². The van der Waals surface area contributed by atoms with E-state index < -0.39 is 16.1 Å². The number of benzene rings is 1. The summed E-state index contributed by atoms with van der Waals surface area (Å²) in [7, 11) is -2.17. The van der Waals surface area contributed by atoms with E-state index in [1.807, 2.05) is 0 Å². The number of halogens is 1. The number of rotatable bonds is 6. The first kappa shape index (κ1) is 16.0. The van der Waals surface area contributed by atoms with Gasteiger partial charge in [0.25, 0.3) is 0 Å². The van der Waals surface area contributed by atoms with Crippen LogP contribution in [0.5, 0.6) is 0 Å². The zero-order valence-corrected chi connectivity index (χ0v) is 13.2. The Morgan fingerprint density at radius 3 is 2.76 bits per heavy atom. The Hall–Kier alpha value is -1.34. The van der Waals surface area contributed by atoms with Gasteiger partial charge in [-0.25, -0.2) is 13.1 Å². The molecule has 0 bridgehead atoms. The Balaban J connectivity index is 2.16.